The van der Waals surface area contributed by atoms with Gasteiger partial charge in [-0.25, -0.2) is 4.98 Å². The van der Waals surface area contributed by atoms with Crippen molar-refractivity contribution in [1.82, 2.24) is 20.1 Å². The lowest BCUT2D eigenvalue weighted by molar-refractivity contribution is -0.137. The number of halogens is 3. The van der Waals surface area contributed by atoms with Crippen LogP contribution in [-0.2, 0) is 11.0 Å². The quantitative estimate of drug-likeness (QED) is 0.727. The van der Waals surface area contributed by atoms with Gasteiger partial charge in [-0.2, -0.15) is 13.2 Å². The van der Waals surface area contributed by atoms with Gasteiger partial charge in [-0.15, -0.1) is 11.3 Å². The second kappa shape index (κ2) is 9.78. The first kappa shape index (κ1) is 23.2. The molecule has 1 aromatic heterocycles. The van der Waals surface area contributed by atoms with E-state index in [0.717, 1.165) is 18.6 Å². The van der Waals surface area contributed by atoms with Crippen LogP contribution in [0.25, 0.3) is 10.6 Å². The molecule has 0 saturated carbocycles. The Balaban J connectivity index is 1.62. The molecule has 1 aromatic carbocycles. The summed E-state index contributed by atoms with van der Waals surface area (Å²) >= 11 is 1.19. The van der Waals surface area contributed by atoms with Crippen LogP contribution in [0.3, 0.4) is 0 Å². The van der Waals surface area contributed by atoms with Gasteiger partial charge in [0.1, 0.15) is 9.88 Å². The summed E-state index contributed by atoms with van der Waals surface area (Å²) in [5.41, 5.74) is 0.386. The van der Waals surface area contributed by atoms with Crippen molar-refractivity contribution in [1.29, 1.82) is 0 Å². The summed E-state index contributed by atoms with van der Waals surface area (Å²) in [4.78, 5) is 33.5. The van der Waals surface area contributed by atoms with Crippen LogP contribution in [0.5, 0.6) is 0 Å². The van der Waals surface area contributed by atoms with Gasteiger partial charge in [-0.3, -0.25) is 14.5 Å². The summed E-state index contributed by atoms with van der Waals surface area (Å²) in [6.45, 7) is 6.92. The first-order chi connectivity index (χ1) is 14.7. The van der Waals surface area contributed by atoms with Crippen molar-refractivity contribution >= 4 is 23.2 Å². The number of nitrogens with one attached hydrogen (secondary N) is 1. The van der Waals surface area contributed by atoms with E-state index in [1.54, 1.807) is 11.8 Å². The Hall–Kier alpha value is -2.46. The third-order valence-electron chi connectivity index (χ3n) is 5.05. The smallest absolute Gasteiger partial charge is 0.355 e. The third kappa shape index (κ3) is 5.82. The molecule has 3 rings (SSSR count). The maximum atomic E-state index is 13.0. The van der Waals surface area contributed by atoms with E-state index in [1.807, 2.05) is 11.8 Å². The average molecular weight is 455 g/mol. The number of alkyl halides is 3. The van der Waals surface area contributed by atoms with Crippen molar-refractivity contribution in [2.75, 3.05) is 39.3 Å². The molecule has 1 aliphatic rings. The zero-order valence-electron chi connectivity index (χ0n) is 17.5. The van der Waals surface area contributed by atoms with E-state index in [2.05, 4.69) is 10.3 Å². The van der Waals surface area contributed by atoms with Crippen LogP contribution in [0.15, 0.2) is 24.3 Å². The molecule has 2 heterocycles. The van der Waals surface area contributed by atoms with E-state index in [0.29, 0.717) is 60.4 Å². The maximum absolute atomic E-state index is 13.0. The number of carbonyl (C=O) groups excluding carboxylic acids is 2. The molecule has 2 aromatic rings. The van der Waals surface area contributed by atoms with E-state index in [9.17, 15) is 22.8 Å². The van der Waals surface area contributed by atoms with Crippen LogP contribution in [0, 0.1) is 6.92 Å². The monoisotopic (exact) mass is 454 g/mol. The molecule has 10 heteroatoms. The van der Waals surface area contributed by atoms with E-state index < -0.39 is 11.7 Å². The fourth-order valence-electron chi connectivity index (χ4n) is 3.30. The standard InChI is InChI=1S/C21H25F3N4O2S/c1-3-8-25-17(29)13-27-9-11-28(12-10-27)20(30)18-14(2)26-19(31-18)15-4-6-16(7-5-15)21(22,23)24/h4-7H,3,8-13H2,1-2H3,(H,25,29). The predicted octanol–water partition coefficient (Wildman–Crippen LogP) is 3.42. The molecule has 1 aliphatic heterocycles. The number of hydrogen-bond acceptors (Lipinski definition) is 5. The maximum Gasteiger partial charge on any atom is 0.416 e. The van der Waals surface area contributed by atoms with E-state index >= 15 is 0 Å². The van der Waals surface area contributed by atoms with Crippen molar-refractivity contribution < 1.29 is 22.8 Å². The number of aryl methyl sites for hydroxylation is 1. The summed E-state index contributed by atoms with van der Waals surface area (Å²) in [6.07, 6.45) is -3.51. The molecule has 0 aliphatic carbocycles. The summed E-state index contributed by atoms with van der Waals surface area (Å²) in [5, 5.41) is 3.36. The van der Waals surface area contributed by atoms with Gasteiger partial charge in [-0.1, -0.05) is 19.1 Å². The molecule has 168 valence electrons. The van der Waals surface area contributed by atoms with Crippen LogP contribution < -0.4 is 5.32 Å². The van der Waals surface area contributed by atoms with E-state index in [4.69, 9.17) is 0 Å². The highest BCUT2D eigenvalue weighted by Crippen LogP contribution is 2.33. The normalized spacial score (nSPS) is 15.2. The van der Waals surface area contributed by atoms with Crippen LogP contribution in [0.1, 0.15) is 34.3 Å². The second-order valence-electron chi connectivity index (χ2n) is 7.43. The Bertz CT molecular complexity index is 920. The summed E-state index contributed by atoms with van der Waals surface area (Å²) in [7, 11) is 0. The van der Waals surface area contributed by atoms with Gasteiger partial charge >= 0.3 is 6.18 Å². The molecule has 6 nitrogen and oxygen atoms in total. The molecule has 1 fully saturated rings. The van der Waals surface area contributed by atoms with Gasteiger partial charge in [0, 0.05) is 38.3 Å². The Morgan fingerprint density at radius 2 is 1.77 bits per heavy atom. The van der Waals surface area contributed by atoms with Gasteiger partial charge in [0.05, 0.1) is 17.8 Å². The number of aromatic nitrogens is 1. The zero-order chi connectivity index (χ0) is 22.6. The Labute approximate surface area is 183 Å². The van der Waals surface area contributed by atoms with Crippen LogP contribution in [0.4, 0.5) is 13.2 Å². The minimum Gasteiger partial charge on any atom is -0.355 e. The van der Waals surface area contributed by atoms with Crippen LogP contribution in [-0.4, -0.2) is 65.9 Å². The molecular weight excluding hydrogens is 429 g/mol. The second-order valence-corrected chi connectivity index (χ2v) is 8.43. The van der Waals surface area contributed by atoms with Crippen molar-refractivity contribution in [3.8, 4) is 10.6 Å². The summed E-state index contributed by atoms with van der Waals surface area (Å²) < 4.78 is 38.3. The van der Waals surface area contributed by atoms with Crippen molar-refractivity contribution in [3.05, 3.63) is 40.4 Å². The largest absolute Gasteiger partial charge is 0.416 e. The Kier molecular flexibility index (Phi) is 7.32. The van der Waals surface area contributed by atoms with Gasteiger partial charge in [0.15, 0.2) is 0 Å². The van der Waals surface area contributed by atoms with Crippen molar-refractivity contribution in [2.24, 2.45) is 0 Å². The number of rotatable bonds is 6. The minimum absolute atomic E-state index is 0.0129. The lowest BCUT2D eigenvalue weighted by Crippen LogP contribution is -2.51. The highest BCUT2D eigenvalue weighted by Gasteiger charge is 2.30. The summed E-state index contributed by atoms with van der Waals surface area (Å²) in [5.74, 6) is -0.149. The molecule has 1 N–H and O–H groups in total. The first-order valence-corrected chi connectivity index (χ1v) is 10.9. The third-order valence-corrected chi connectivity index (χ3v) is 6.24. The highest BCUT2D eigenvalue weighted by atomic mass is 32.1. The SMILES string of the molecule is CCCNC(=O)CN1CCN(C(=O)c2sc(-c3ccc(C(F)(F)F)cc3)nc2C)CC1. The Morgan fingerprint density at radius 3 is 2.35 bits per heavy atom. The van der Waals surface area contributed by atoms with Gasteiger partial charge in [0.25, 0.3) is 5.91 Å². The topological polar surface area (TPSA) is 65.5 Å². The lowest BCUT2D eigenvalue weighted by Gasteiger charge is -2.34. The lowest BCUT2D eigenvalue weighted by atomic mass is 10.1. The number of amides is 2. The fraction of sp³-hybridized carbons (Fsp3) is 0.476. The van der Waals surface area contributed by atoms with Crippen molar-refractivity contribution in [2.45, 2.75) is 26.4 Å². The number of benzene rings is 1. The van der Waals surface area contributed by atoms with Gasteiger partial charge < -0.3 is 10.2 Å². The minimum atomic E-state index is -4.39. The number of nitrogens with zero attached hydrogens (tertiary/aromatic N) is 3. The Morgan fingerprint density at radius 1 is 1.13 bits per heavy atom. The van der Waals surface area contributed by atoms with Gasteiger partial charge in [0.2, 0.25) is 5.91 Å². The number of hydrogen-bond donors (Lipinski definition) is 1. The molecule has 2 amide bonds. The number of piperazine rings is 1. The fourth-order valence-corrected chi connectivity index (χ4v) is 4.34. The molecule has 31 heavy (non-hydrogen) atoms. The van der Waals surface area contributed by atoms with E-state index in [-0.39, 0.29) is 11.8 Å². The molecular formula is C21H25F3N4O2S. The highest BCUT2D eigenvalue weighted by molar-refractivity contribution is 7.17. The predicted molar refractivity (Wildman–Crippen MR) is 113 cm³/mol. The van der Waals surface area contributed by atoms with Crippen LogP contribution >= 0.6 is 11.3 Å². The van der Waals surface area contributed by atoms with Crippen LogP contribution in [0.2, 0.25) is 0 Å². The number of carbonyl (C=O) groups is 2. The van der Waals surface area contributed by atoms with E-state index in [1.165, 1.54) is 23.5 Å². The van der Waals surface area contributed by atoms with Gasteiger partial charge in [-0.05, 0) is 25.5 Å². The van der Waals surface area contributed by atoms with Crippen molar-refractivity contribution in [3.63, 3.8) is 0 Å². The first-order valence-electron chi connectivity index (χ1n) is 10.1. The molecule has 0 spiro atoms. The number of thiazole rings is 1. The molecule has 1 saturated heterocycles. The molecule has 0 atom stereocenters. The summed E-state index contributed by atoms with van der Waals surface area (Å²) in [6, 6.07) is 4.78. The molecule has 0 bridgehead atoms. The molecule has 0 unspecified atom stereocenters. The average Bonchev–Trinajstić information content (AvgIpc) is 3.13. The molecule has 0 radical (unpaired) electrons. The zero-order valence-corrected chi connectivity index (χ0v) is 18.3.